The number of amides is 1. The van der Waals surface area contributed by atoms with E-state index in [0.29, 0.717) is 26.1 Å². The normalized spacial score (nSPS) is 33.7. The Hall–Kier alpha value is -1.10. The largest absolute Gasteiger partial charge is 0.481 e. The molecule has 0 saturated carbocycles. The van der Waals surface area contributed by atoms with E-state index in [1.165, 1.54) is 0 Å². The number of carbonyl (C=O) groups is 2. The van der Waals surface area contributed by atoms with Crippen LogP contribution in [0.15, 0.2) is 0 Å². The lowest BCUT2D eigenvalue weighted by Crippen LogP contribution is -2.47. The minimum Gasteiger partial charge on any atom is -0.481 e. The summed E-state index contributed by atoms with van der Waals surface area (Å²) >= 11 is 0. The van der Waals surface area contributed by atoms with Crippen molar-refractivity contribution < 1.29 is 19.4 Å². The Morgan fingerprint density at radius 2 is 2.12 bits per heavy atom. The number of piperidine rings is 1. The molecule has 0 aromatic carbocycles. The Bertz CT molecular complexity index is 318. The van der Waals surface area contributed by atoms with Crippen molar-refractivity contribution in [3.63, 3.8) is 0 Å². The van der Waals surface area contributed by atoms with Crippen molar-refractivity contribution in [1.29, 1.82) is 0 Å². The van der Waals surface area contributed by atoms with E-state index >= 15 is 0 Å². The minimum absolute atomic E-state index is 0.0269. The average Bonchev–Trinajstić information content (AvgIpc) is 2.74. The predicted octanol–water partition coefficient (Wildman–Crippen LogP) is 0.735. The van der Waals surface area contributed by atoms with Crippen LogP contribution in [0.25, 0.3) is 0 Å². The fraction of sp³-hybridized carbons (Fsp3) is 0.833. The van der Waals surface area contributed by atoms with E-state index in [4.69, 9.17) is 9.84 Å². The molecule has 1 N–H and O–H groups in total. The van der Waals surface area contributed by atoms with Crippen molar-refractivity contribution in [2.75, 3.05) is 19.7 Å². The zero-order valence-corrected chi connectivity index (χ0v) is 10.1. The van der Waals surface area contributed by atoms with Gasteiger partial charge in [0, 0.05) is 19.7 Å². The molecule has 2 saturated heterocycles. The molecule has 0 aromatic rings. The molecule has 96 valence electrons. The fourth-order valence-corrected chi connectivity index (χ4v) is 2.57. The average molecular weight is 241 g/mol. The Morgan fingerprint density at radius 1 is 1.35 bits per heavy atom. The number of aliphatic carboxylic acids is 1. The lowest BCUT2D eigenvalue weighted by molar-refractivity contribution is -0.149. The number of rotatable bonds is 2. The van der Waals surface area contributed by atoms with Crippen molar-refractivity contribution >= 4 is 11.9 Å². The van der Waals surface area contributed by atoms with E-state index in [-0.39, 0.29) is 17.9 Å². The predicted molar refractivity (Wildman–Crippen MR) is 60.5 cm³/mol. The van der Waals surface area contributed by atoms with Crippen LogP contribution in [0, 0.1) is 11.8 Å². The Morgan fingerprint density at radius 3 is 2.71 bits per heavy atom. The third-order valence-corrected chi connectivity index (χ3v) is 3.71. The van der Waals surface area contributed by atoms with Crippen molar-refractivity contribution in [2.45, 2.75) is 32.3 Å². The second-order valence-corrected chi connectivity index (χ2v) is 5.02. The molecule has 0 aliphatic carbocycles. The molecule has 17 heavy (non-hydrogen) atoms. The van der Waals surface area contributed by atoms with Gasteiger partial charge in [-0.15, -0.1) is 0 Å². The van der Waals surface area contributed by atoms with E-state index in [1.807, 2.05) is 6.92 Å². The number of likely N-dealkylation sites (tertiary alicyclic amines) is 1. The first kappa shape index (κ1) is 12.4. The van der Waals surface area contributed by atoms with Crippen molar-refractivity contribution in [3.8, 4) is 0 Å². The third-order valence-electron chi connectivity index (χ3n) is 3.71. The lowest BCUT2D eigenvalue weighted by Gasteiger charge is -2.33. The van der Waals surface area contributed by atoms with Gasteiger partial charge in [-0.2, -0.15) is 0 Å². The standard InChI is InChI=1S/C12H19NO4/c1-8-4-6-17-10(8)11(14)13-5-2-3-9(7-13)12(15)16/h8-10H,2-7H2,1H3,(H,15,16). The summed E-state index contributed by atoms with van der Waals surface area (Å²) in [6, 6.07) is 0. The quantitative estimate of drug-likeness (QED) is 0.774. The van der Waals surface area contributed by atoms with E-state index in [0.717, 1.165) is 12.8 Å². The Kier molecular flexibility index (Phi) is 3.66. The second-order valence-electron chi connectivity index (χ2n) is 5.02. The van der Waals surface area contributed by atoms with Gasteiger partial charge in [-0.3, -0.25) is 9.59 Å². The number of hydrogen-bond donors (Lipinski definition) is 1. The van der Waals surface area contributed by atoms with Crippen LogP contribution in [-0.4, -0.2) is 47.7 Å². The molecule has 3 unspecified atom stereocenters. The summed E-state index contributed by atoms with van der Waals surface area (Å²) in [5, 5.41) is 8.99. The van der Waals surface area contributed by atoms with E-state index in [1.54, 1.807) is 4.90 Å². The molecule has 5 nitrogen and oxygen atoms in total. The number of nitrogens with zero attached hydrogens (tertiary/aromatic N) is 1. The first-order valence-corrected chi connectivity index (χ1v) is 6.23. The van der Waals surface area contributed by atoms with Crippen LogP contribution >= 0.6 is 0 Å². The van der Waals surface area contributed by atoms with Gasteiger partial charge in [0.25, 0.3) is 5.91 Å². The first-order valence-electron chi connectivity index (χ1n) is 6.23. The molecule has 2 heterocycles. The molecule has 5 heteroatoms. The highest BCUT2D eigenvalue weighted by atomic mass is 16.5. The van der Waals surface area contributed by atoms with Crippen LogP contribution in [0.2, 0.25) is 0 Å². The van der Waals surface area contributed by atoms with Crippen LogP contribution in [0.1, 0.15) is 26.2 Å². The van der Waals surface area contributed by atoms with E-state index < -0.39 is 11.9 Å². The minimum atomic E-state index is -0.803. The molecule has 2 aliphatic heterocycles. The van der Waals surface area contributed by atoms with Gasteiger partial charge in [-0.05, 0) is 25.2 Å². The summed E-state index contributed by atoms with van der Waals surface area (Å²) < 4.78 is 5.44. The molecule has 0 spiro atoms. The van der Waals surface area contributed by atoms with Crippen LogP contribution in [-0.2, 0) is 14.3 Å². The van der Waals surface area contributed by atoms with Crippen molar-refractivity contribution in [2.24, 2.45) is 11.8 Å². The molecular weight excluding hydrogens is 222 g/mol. The summed E-state index contributed by atoms with van der Waals surface area (Å²) in [7, 11) is 0. The van der Waals surface area contributed by atoms with Gasteiger partial charge >= 0.3 is 5.97 Å². The van der Waals surface area contributed by atoms with Crippen molar-refractivity contribution in [1.82, 2.24) is 4.90 Å². The maximum absolute atomic E-state index is 12.2. The van der Waals surface area contributed by atoms with Gasteiger partial charge in [0.1, 0.15) is 6.10 Å². The zero-order chi connectivity index (χ0) is 12.4. The van der Waals surface area contributed by atoms with E-state index in [9.17, 15) is 9.59 Å². The summed E-state index contributed by atoms with van der Waals surface area (Å²) in [4.78, 5) is 24.8. The van der Waals surface area contributed by atoms with Crippen molar-refractivity contribution in [3.05, 3.63) is 0 Å². The third kappa shape index (κ3) is 2.60. The number of carbonyl (C=O) groups excluding carboxylic acids is 1. The molecule has 0 bridgehead atoms. The number of hydrogen-bond acceptors (Lipinski definition) is 3. The number of ether oxygens (including phenoxy) is 1. The van der Waals surface area contributed by atoms with Crippen LogP contribution in [0.5, 0.6) is 0 Å². The van der Waals surface area contributed by atoms with Crippen LogP contribution < -0.4 is 0 Å². The topological polar surface area (TPSA) is 66.8 Å². The molecule has 2 aliphatic rings. The van der Waals surface area contributed by atoms with Gasteiger partial charge in [0.05, 0.1) is 5.92 Å². The molecule has 2 rings (SSSR count). The molecular formula is C12H19NO4. The fourth-order valence-electron chi connectivity index (χ4n) is 2.57. The number of carboxylic acids is 1. The molecule has 2 fully saturated rings. The molecule has 3 atom stereocenters. The SMILES string of the molecule is CC1CCOC1C(=O)N1CCCC(C(=O)O)C1. The Labute approximate surface area is 101 Å². The van der Waals surface area contributed by atoms with Gasteiger partial charge in [0.2, 0.25) is 0 Å². The number of carboxylic acid groups (broad SMARTS) is 1. The monoisotopic (exact) mass is 241 g/mol. The van der Waals surface area contributed by atoms with Crippen LogP contribution in [0.3, 0.4) is 0 Å². The maximum atomic E-state index is 12.2. The Balaban J connectivity index is 1.97. The highest BCUT2D eigenvalue weighted by Crippen LogP contribution is 2.24. The second kappa shape index (κ2) is 5.04. The highest BCUT2D eigenvalue weighted by Gasteiger charge is 2.36. The van der Waals surface area contributed by atoms with E-state index in [2.05, 4.69) is 0 Å². The molecule has 1 amide bonds. The van der Waals surface area contributed by atoms with Crippen LogP contribution in [0.4, 0.5) is 0 Å². The first-order chi connectivity index (χ1) is 8.09. The van der Waals surface area contributed by atoms with Gasteiger partial charge in [0.15, 0.2) is 0 Å². The molecule has 0 aromatic heterocycles. The molecule has 0 radical (unpaired) electrons. The zero-order valence-electron chi connectivity index (χ0n) is 10.1. The summed E-state index contributed by atoms with van der Waals surface area (Å²) in [6.07, 6.45) is 1.99. The van der Waals surface area contributed by atoms with Gasteiger partial charge < -0.3 is 14.7 Å². The maximum Gasteiger partial charge on any atom is 0.308 e. The van der Waals surface area contributed by atoms with Gasteiger partial charge in [-0.1, -0.05) is 6.92 Å². The summed E-state index contributed by atoms with van der Waals surface area (Å²) in [5.74, 6) is -0.999. The summed E-state index contributed by atoms with van der Waals surface area (Å²) in [6.45, 7) is 3.64. The highest BCUT2D eigenvalue weighted by molar-refractivity contribution is 5.82. The summed E-state index contributed by atoms with van der Waals surface area (Å²) in [5.41, 5.74) is 0. The van der Waals surface area contributed by atoms with Gasteiger partial charge in [-0.25, -0.2) is 0 Å². The smallest absolute Gasteiger partial charge is 0.308 e. The lowest BCUT2D eigenvalue weighted by atomic mass is 9.96.